The summed E-state index contributed by atoms with van der Waals surface area (Å²) in [5, 5.41) is 11.4. The van der Waals surface area contributed by atoms with Gasteiger partial charge in [0.1, 0.15) is 5.60 Å². The molecule has 0 bridgehead atoms. The van der Waals surface area contributed by atoms with Crippen LogP contribution in [0.25, 0.3) is 0 Å². The van der Waals surface area contributed by atoms with E-state index in [9.17, 15) is 27.9 Å². The maximum atomic E-state index is 15.2. The number of rotatable bonds is 5. The average Bonchev–Trinajstić information content (AvgIpc) is 3.27. The molecule has 4 aliphatic rings. The molecule has 2 saturated carbocycles. The second kappa shape index (κ2) is 10.6. The van der Waals surface area contributed by atoms with Crippen molar-refractivity contribution in [2.45, 2.75) is 82.0 Å². The number of alkyl halides is 5. The Labute approximate surface area is 252 Å². The average molecular weight is 615 g/mol. The summed E-state index contributed by atoms with van der Waals surface area (Å²) in [4.78, 5) is 31.2. The predicted octanol–water partition coefficient (Wildman–Crippen LogP) is 7.18. The highest BCUT2D eigenvalue weighted by atomic mass is 19.4. The van der Waals surface area contributed by atoms with Crippen LogP contribution >= 0.6 is 0 Å². The zero-order valence-electron chi connectivity index (χ0n) is 24.6. The molecule has 4 aliphatic carbocycles. The first-order chi connectivity index (χ1) is 20.7. The number of carbonyl (C=O) groups is 2. The van der Waals surface area contributed by atoms with E-state index in [1.54, 1.807) is 49.7 Å². The highest BCUT2D eigenvalue weighted by Crippen LogP contribution is 2.70. The molecule has 2 fully saturated rings. The smallest absolute Gasteiger partial charge is 0.383 e. The molecule has 5 nitrogen and oxygen atoms in total. The zero-order valence-corrected chi connectivity index (χ0v) is 24.6. The molecular weight excluding hydrogens is 579 g/mol. The molecule has 0 saturated heterocycles. The van der Waals surface area contributed by atoms with E-state index in [4.69, 9.17) is 0 Å². The van der Waals surface area contributed by atoms with Gasteiger partial charge in [-0.2, -0.15) is 22.0 Å². The van der Waals surface area contributed by atoms with Crippen molar-refractivity contribution in [2.24, 2.45) is 17.3 Å². The number of hydrogen-bond acceptors (Lipinski definition) is 4. The van der Waals surface area contributed by atoms with Crippen LogP contribution in [0.2, 0.25) is 0 Å². The van der Waals surface area contributed by atoms with Crippen LogP contribution in [0.15, 0.2) is 71.5 Å². The van der Waals surface area contributed by atoms with Crippen LogP contribution in [0, 0.1) is 17.3 Å². The first kappa shape index (κ1) is 30.6. The van der Waals surface area contributed by atoms with Crippen molar-refractivity contribution in [3.05, 3.63) is 88.3 Å². The van der Waals surface area contributed by atoms with Crippen molar-refractivity contribution >= 4 is 11.7 Å². The molecule has 10 heteroatoms. The van der Waals surface area contributed by atoms with E-state index in [-0.39, 0.29) is 30.4 Å². The molecule has 1 unspecified atom stereocenters. The topological polar surface area (TPSA) is 70.5 Å². The summed E-state index contributed by atoms with van der Waals surface area (Å²) in [6.45, 7) is 1.69. The number of pyridine rings is 1. The molecule has 5 atom stereocenters. The van der Waals surface area contributed by atoms with Gasteiger partial charge in [0.2, 0.25) is 0 Å². The van der Waals surface area contributed by atoms with Crippen molar-refractivity contribution in [1.29, 1.82) is 0 Å². The Bertz CT molecular complexity index is 1530. The van der Waals surface area contributed by atoms with E-state index in [0.29, 0.717) is 43.4 Å². The number of aromatic nitrogens is 1. The largest absolute Gasteiger partial charge is 0.456 e. The highest BCUT2D eigenvalue weighted by molar-refractivity contribution is 5.94. The molecule has 44 heavy (non-hydrogen) atoms. The molecule has 1 aromatic carbocycles. The summed E-state index contributed by atoms with van der Waals surface area (Å²) in [6, 6.07) is 12.2. The van der Waals surface area contributed by atoms with Gasteiger partial charge in [-0.1, -0.05) is 30.7 Å². The van der Waals surface area contributed by atoms with Crippen molar-refractivity contribution < 1.29 is 36.6 Å². The number of carbonyl (C=O) groups excluding carboxylic acids is 2. The number of amides is 1. The molecule has 0 aliphatic heterocycles. The van der Waals surface area contributed by atoms with Crippen LogP contribution in [0.3, 0.4) is 0 Å². The third kappa shape index (κ3) is 4.63. The summed E-state index contributed by atoms with van der Waals surface area (Å²) in [5.41, 5.74) is -0.286. The molecule has 2 aromatic rings. The minimum absolute atomic E-state index is 0.0257. The van der Waals surface area contributed by atoms with E-state index >= 15 is 8.78 Å². The number of fused-ring (bicyclic) bond motifs is 4. The lowest BCUT2D eigenvalue weighted by Gasteiger charge is -2.56. The standard InChI is InChI=1S/C34H35F5N2O3/c1-31-18-27(20-6-8-21(9-7-20)30(43)41(2)19-23-5-3-4-16-40-23)29-25-13-11-24(42)17-22(25)10-12-26(29)28(31)14-15-32(31,44)33(35,36)34(37,38)39/h3-9,16-17,26-28,44H,10-15,18-19H2,1-2H3/t26?,27-,28+,31+,32+/m1/s1. The Kier molecular flexibility index (Phi) is 7.38. The van der Waals surface area contributed by atoms with Crippen LogP contribution in [-0.4, -0.2) is 51.4 Å². The van der Waals surface area contributed by atoms with E-state index < -0.39 is 41.4 Å². The summed E-state index contributed by atoms with van der Waals surface area (Å²) < 4.78 is 71.8. The number of benzene rings is 1. The second-order valence-electron chi connectivity index (χ2n) is 13.1. The first-order valence-electron chi connectivity index (χ1n) is 15.1. The van der Waals surface area contributed by atoms with Gasteiger partial charge in [0.25, 0.3) is 5.91 Å². The van der Waals surface area contributed by atoms with Gasteiger partial charge in [-0.05, 0) is 97.4 Å². The van der Waals surface area contributed by atoms with Gasteiger partial charge in [0, 0.05) is 36.6 Å². The fourth-order valence-electron chi connectivity index (χ4n) is 8.60. The number of aliphatic hydroxyl groups is 1. The zero-order chi connectivity index (χ0) is 31.7. The number of hydrogen-bond donors (Lipinski definition) is 1. The van der Waals surface area contributed by atoms with Crippen molar-refractivity contribution in [3.8, 4) is 0 Å². The summed E-state index contributed by atoms with van der Waals surface area (Å²) >= 11 is 0. The Hall–Kier alpha value is -3.40. The maximum Gasteiger partial charge on any atom is 0.456 e. The van der Waals surface area contributed by atoms with Gasteiger partial charge < -0.3 is 10.0 Å². The third-order valence-corrected chi connectivity index (χ3v) is 10.8. The summed E-state index contributed by atoms with van der Waals surface area (Å²) in [7, 11) is 1.66. The van der Waals surface area contributed by atoms with Crippen molar-refractivity contribution in [1.82, 2.24) is 9.88 Å². The Morgan fingerprint density at radius 3 is 2.43 bits per heavy atom. The number of halogens is 5. The minimum atomic E-state index is -5.90. The van der Waals surface area contributed by atoms with Gasteiger partial charge in [-0.15, -0.1) is 0 Å². The summed E-state index contributed by atoms with van der Waals surface area (Å²) in [6.07, 6.45) is -1.45. The van der Waals surface area contributed by atoms with E-state index in [2.05, 4.69) is 4.98 Å². The first-order valence-corrected chi connectivity index (χ1v) is 15.1. The molecule has 1 amide bonds. The quantitative estimate of drug-likeness (QED) is 0.362. The molecule has 1 aromatic heterocycles. The van der Waals surface area contributed by atoms with Crippen LogP contribution < -0.4 is 0 Å². The van der Waals surface area contributed by atoms with Gasteiger partial charge in [-0.25, -0.2) is 0 Å². The fourth-order valence-corrected chi connectivity index (χ4v) is 8.60. The van der Waals surface area contributed by atoms with Crippen LogP contribution in [0.1, 0.15) is 79.4 Å². The van der Waals surface area contributed by atoms with Crippen LogP contribution in [0.5, 0.6) is 0 Å². The molecule has 0 spiro atoms. The molecule has 0 radical (unpaired) electrons. The lowest BCUT2D eigenvalue weighted by atomic mass is 9.50. The van der Waals surface area contributed by atoms with Crippen molar-refractivity contribution in [2.75, 3.05) is 7.05 Å². The number of allylic oxidation sites excluding steroid dienone is 4. The molecule has 6 rings (SSSR count). The molecule has 1 N–H and O–H groups in total. The SMILES string of the molecule is CN(Cc1ccccn1)C(=O)c1ccc([C@H]2C[C@@]3(C)[C@@H](CC[C@@]3(O)C(F)(F)C(F)(F)F)C3CCC4=CC(=O)CCC4=C32)cc1. The van der Waals surface area contributed by atoms with E-state index in [0.717, 1.165) is 22.4 Å². The summed E-state index contributed by atoms with van der Waals surface area (Å²) in [5.74, 6) is -6.94. The predicted molar refractivity (Wildman–Crippen MR) is 153 cm³/mol. The highest BCUT2D eigenvalue weighted by Gasteiger charge is 2.79. The Balaban J connectivity index is 1.40. The van der Waals surface area contributed by atoms with Gasteiger partial charge in [0.15, 0.2) is 5.78 Å². The molecule has 1 heterocycles. The number of ketones is 1. The van der Waals surface area contributed by atoms with E-state index in [1.807, 2.05) is 12.1 Å². The van der Waals surface area contributed by atoms with Gasteiger partial charge in [-0.3, -0.25) is 14.6 Å². The van der Waals surface area contributed by atoms with Gasteiger partial charge >= 0.3 is 12.1 Å². The minimum Gasteiger partial charge on any atom is -0.383 e. The third-order valence-electron chi connectivity index (χ3n) is 10.8. The molecule has 234 valence electrons. The fraction of sp³-hybridized carbons (Fsp3) is 0.500. The molecular formula is C34H35F5N2O3. The maximum absolute atomic E-state index is 15.2. The van der Waals surface area contributed by atoms with Crippen molar-refractivity contribution in [3.63, 3.8) is 0 Å². The lowest BCUT2D eigenvalue weighted by molar-refractivity contribution is -0.362. The van der Waals surface area contributed by atoms with E-state index in [1.165, 1.54) is 11.8 Å². The lowest BCUT2D eigenvalue weighted by Crippen LogP contribution is -2.65. The second-order valence-corrected chi connectivity index (χ2v) is 13.1. The Morgan fingerprint density at radius 1 is 1.05 bits per heavy atom. The Morgan fingerprint density at radius 2 is 1.77 bits per heavy atom. The normalized spacial score (nSPS) is 30.3. The van der Waals surface area contributed by atoms with Crippen LogP contribution in [0.4, 0.5) is 22.0 Å². The van der Waals surface area contributed by atoms with Gasteiger partial charge in [0.05, 0.1) is 12.2 Å². The number of nitrogens with zero attached hydrogens (tertiary/aromatic N) is 2. The monoisotopic (exact) mass is 614 g/mol. The van der Waals surface area contributed by atoms with Crippen LogP contribution in [-0.2, 0) is 11.3 Å².